The fourth-order valence-corrected chi connectivity index (χ4v) is 6.04. The van der Waals surface area contributed by atoms with Crippen molar-refractivity contribution in [2.45, 2.75) is 45.0 Å². The standard InChI is InChI=1S/C26H28F2N6O3/c1-4-33-18(10-13-6-8-20(31-23(13)33)37-26(27)28)24-30-16-9-15(11-19(36-3)22(16)32(24)2)25(35)34-12-14-5-7-17(34)21(14)29/h6,8-11,14,17,21,26H,4-5,7,12,29H2,1-3H3/t14-,17-,21-/m1/s1. The van der Waals surface area contributed by atoms with Gasteiger partial charge in [-0.1, -0.05) is 0 Å². The van der Waals surface area contributed by atoms with Crippen LogP contribution in [0.5, 0.6) is 11.6 Å². The number of pyridine rings is 1. The molecule has 11 heteroatoms. The van der Waals surface area contributed by atoms with E-state index in [9.17, 15) is 13.6 Å². The number of piperidine rings is 1. The Labute approximate surface area is 211 Å². The molecule has 9 nitrogen and oxygen atoms in total. The normalized spacial score (nSPS) is 21.1. The third-order valence-corrected chi connectivity index (χ3v) is 7.79. The maximum absolute atomic E-state index is 13.5. The van der Waals surface area contributed by atoms with Crippen LogP contribution in [0.25, 0.3) is 33.6 Å². The number of alkyl halides is 2. The average molecular weight is 511 g/mol. The summed E-state index contributed by atoms with van der Waals surface area (Å²) in [6.07, 6.45) is 2.00. The highest BCUT2D eigenvalue weighted by molar-refractivity contribution is 6.00. The highest BCUT2D eigenvalue weighted by atomic mass is 19.3. The van der Waals surface area contributed by atoms with Gasteiger partial charge in [0, 0.05) is 49.2 Å². The Bertz CT molecular complexity index is 1530. The molecule has 37 heavy (non-hydrogen) atoms. The van der Waals surface area contributed by atoms with Gasteiger partial charge in [0.1, 0.15) is 16.9 Å². The number of hydrogen-bond acceptors (Lipinski definition) is 6. The first-order chi connectivity index (χ1) is 17.8. The Morgan fingerprint density at radius 2 is 2.03 bits per heavy atom. The maximum Gasteiger partial charge on any atom is 0.388 e. The molecule has 3 aromatic heterocycles. The number of imidazole rings is 1. The van der Waals surface area contributed by atoms with Crippen molar-refractivity contribution in [1.29, 1.82) is 0 Å². The van der Waals surface area contributed by atoms with E-state index in [4.69, 9.17) is 15.5 Å². The van der Waals surface area contributed by atoms with Gasteiger partial charge >= 0.3 is 6.61 Å². The number of methoxy groups -OCH3 is 1. The van der Waals surface area contributed by atoms with Gasteiger partial charge in [0.15, 0.2) is 5.82 Å². The van der Waals surface area contributed by atoms with Crippen LogP contribution in [0, 0.1) is 5.92 Å². The molecule has 3 atom stereocenters. The first-order valence-electron chi connectivity index (χ1n) is 12.4. The quantitative estimate of drug-likeness (QED) is 0.424. The summed E-state index contributed by atoms with van der Waals surface area (Å²) >= 11 is 0. The molecule has 1 aliphatic carbocycles. The highest BCUT2D eigenvalue weighted by Gasteiger charge is 2.47. The van der Waals surface area contributed by atoms with Gasteiger partial charge < -0.3 is 29.2 Å². The summed E-state index contributed by atoms with van der Waals surface area (Å²) < 4.78 is 39.5. The summed E-state index contributed by atoms with van der Waals surface area (Å²) in [4.78, 5) is 24.6. The summed E-state index contributed by atoms with van der Waals surface area (Å²) in [6.45, 7) is 0.204. The predicted octanol–water partition coefficient (Wildman–Crippen LogP) is 3.78. The number of amides is 1. The summed E-state index contributed by atoms with van der Waals surface area (Å²) in [5, 5.41) is 0.772. The number of aromatic nitrogens is 4. The lowest BCUT2D eigenvalue weighted by Gasteiger charge is -2.27. The van der Waals surface area contributed by atoms with E-state index in [0.717, 1.165) is 29.4 Å². The second kappa shape index (κ2) is 8.69. The molecule has 2 aliphatic rings. The fourth-order valence-electron chi connectivity index (χ4n) is 6.04. The molecular formula is C26H28F2N6O3. The van der Waals surface area contributed by atoms with Gasteiger partial charge in [0.2, 0.25) is 5.88 Å². The van der Waals surface area contributed by atoms with Crippen LogP contribution >= 0.6 is 0 Å². The van der Waals surface area contributed by atoms with Crippen LogP contribution in [0.4, 0.5) is 8.78 Å². The molecule has 1 aliphatic heterocycles. The number of carbonyl (C=O) groups is 1. The molecule has 2 bridgehead atoms. The predicted molar refractivity (Wildman–Crippen MR) is 134 cm³/mol. The number of nitrogens with two attached hydrogens (primary N) is 1. The number of carbonyl (C=O) groups excluding carboxylic acids is 1. The number of hydrogen-bond donors (Lipinski definition) is 1. The molecule has 1 amide bonds. The minimum absolute atomic E-state index is 0.0345. The molecular weight excluding hydrogens is 482 g/mol. The van der Waals surface area contributed by atoms with E-state index in [1.165, 1.54) is 6.07 Å². The third-order valence-electron chi connectivity index (χ3n) is 7.79. The maximum atomic E-state index is 13.5. The van der Waals surface area contributed by atoms with E-state index in [1.54, 1.807) is 25.3 Å². The van der Waals surface area contributed by atoms with Crippen molar-refractivity contribution >= 4 is 28.0 Å². The van der Waals surface area contributed by atoms with Crippen LogP contribution in [-0.4, -0.2) is 62.3 Å². The molecule has 0 unspecified atom stereocenters. The first kappa shape index (κ1) is 23.7. The van der Waals surface area contributed by atoms with Gasteiger partial charge in [-0.15, -0.1) is 0 Å². The Kier molecular flexibility index (Phi) is 5.55. The highest BCUT2D eigenvalue weighted by Crippen LogP contribution is 2.39. The van der Waals surface area contributed by atoms with Crippen LogP contribution in [0.15, 0.2) is 30.3 Å². The molecule has 0 spiro atoms. The van der Waals surface area contributed by atoms with E-state index < -0.39 is 6.61 Å². The molecule has 1 saturated carbocycles. The van der Waals surface area contributed by atoms with Crippen LogP contribution in [0.2, 0.25) is 0 Å². The summed E-state index contributed by atoms with van der Waals surface area (Å²) in [5.41, 5.74) is 9.49. The molecule has 4 aromatic rings. The zero-order valence-corrected chi connectivity index (χ0v) is 20.8. The summed E-state index contributed by atoms with van der Waals surface area (Å²) in [7, 11) is 3.45. The number of ether oxygens (including phenoxy) is 2. The van der Waals surface area contributed by atoms with Crippen molar-refractivity contribution < 1.29 is 23.0 Å². The van der Waals surface area contributed by atoms with Crippen LogP contribution in [-0.2, 0) is 13.6 Å². The molecule has 2 fully saturated rings. The molecule has 194 valence electrons. The van der Waals surface area contributed by atoms with Gasteiger partial charge in [-0.05, 0) is 49.9 Å². The zero-order valence-electron chi connectivity index (χ0n) is 20.8. The van der Waals surface area contributed by atoms with E-state index in [0.29, 0.717) is 47.3 Å². The molecule has 1 saturated heterocycles. The average Bonchev–Trinajstić information content (AvgIpc) is 3.62. The van der Waals surface area contributed by atoms with Crippen LogP contribution < -0.4 is 15.2 Å². The van der Waals surface area contributed by atoms with E-state index in [1.807, 2.05) is 34.1 Å². The number of aryl methyl sites for hydroxylation is 2. The van der Waals surface area contributed by atoms with Gasteiger partial charge in [0.25, 0.3) is 5.91 Å². The van der Waals surface area contributed by atoms with Gasteiger partial charge in [-0.2, -0.15) is 13.8 Å². The number of rotatable bonds is 6. The van der Waals surface area contributed by atoms with Crippen molar-refractivity contribution in [3.8, 4) is 23.1 Å². The van der Waals surface area contributed by atoms with Gasteiger partial charge in [-0.3, -0.25) is 4.79 Å². The molecule has 0 radical (unpaired) electrons. The Morgan fingerprint density at radius 3 is 2.68 bits per heavy atom. The van der Waals surface area contributed by atoms with E-state index in [2.05, 4.69) is 9.72 Å². The van der Waals surface area contributed by atoms with Crippen molar-refractivity contribution in [3.63, 3.8) is 0 Å². The second-order valence-corrected chi connectivity index (χ2v) is 9.69. The Hall–Kier alpha value is -3.73. The first-order valence-corrected chi connectivity index (χ1v) is 12.4. The number of nitrogens with zero attached hydrogens (tertiary/aromatic N) is 5. The summed E-state index contributed by atoms with van der Waals surface area (Å²) in [5.74, 6) is 1.33. The molecule has 1 aromatic carbocycles. The summed E-state index contributed by atoms with van der Waals surface area (Å²) in [6, 6.07) is 8.71. The van der Waals surface area contributed by atoms with Gasteiger partial charge in [-0.25, -0.2) is 4.98 Å². The largest absolute Gasteiger partial charge is 0.494 e. The topological polar surface area (TPSA) is 100 Å². The van der Waals surface area contributed by atoms with Gasteiger partial charge in [0.05, 0.1) is 18.3 Å². The van der Waals surface area contributed by atoms with Crippen molar-refractivity contribution in [3.05, 3.63) is 35.9 Å². The van der Waals surface area contributed by atoms with E-state index in [-0.39, 0.29) is 23.9 Å². The number of likely N-dealkylation sites (tertiary alicyclic amines) is 1. The SMILES string of the molecule is CCn1c(-c2nc3cc(C(=O)N4C[C@H]5CC[C@@H]4[C@@H]5N)cc(OC)c3n2C)cc2ccc(OC(F)F)nc21. The number of benzene rings is 1. The smallest absolute Gasteiger partial charge is 0.388 e. The van der Waals surface area contributed by atoms with Crippen molar-refractivity contribution in [1.82, 2.24) is 24.0 Å². The third kappa shape index (κ3) is 3.63. The fraction of sp³-hybridized carbons (Fsp3) is 0.423. The van der Waals surface area contributed by atoms with Crippen molar-refractivity contribution in [2.24, 2.45) is 18.7 Å². The Balaban J connectivity index is 1.45. The van der Waals surface area contributed by atoms with E-state index >= 15 is 0 Å². The zero-order chi connectivity index (χ0) is 26.0. The molecule has 2 N–H and O–H groups in total. The minimum Gasteiger partial charge on any atom is -0.494 e. The van der Waals surface area contributed by atoms with Crippen molar-refractivity contribution in [2.75, 3.05) is 13.7 Å². The Morgan fingerprint density at radius 1 is 1.22 bits per heavy atom. The molecule has 6 rings (SSSR count). The van der Waals surface area contributed by atoms with Crippen LogP contribution in [0.1, 0.15) is 30.1 Å². The lowest BCUT2D eigenvalue weighted by atomic mass is 10.1. The number of halogens is 2. The lowest BCUT2D eigenvalue weighted by molar-refractivity contribution is -0.0526. The number of fused-ring (bicyclic) bond motifs is 4. The minimum atomic E-state index is -2.95. The molecule has 4 heterocycles. The monoisotopic (exact) mass is 510 g/mol. The van der Waals surface area contributed by atoms with Crippen LogP contribution in [0.3, 0.4) is 0 Å². The lowest BCUT2D eigenvalue weighted by Crippen LogP contribution is -2.41. The second-order valence-electron chi connectivity index (χ2n) is 9.69.